The molecule has 0 aliphatic rings. The predicted octanol–water partition coefficient (Wildman–Crippen LogP) is 4.57. The lowest BCUT2D eigenvalue weighted by Crippen LogP contribution is -2.24. The van der Waals surface area contributed by atoms with Gasteiger partial charge in [-0.15, -0.1) is 0 Å². The maximum Gasteiger partial charge on any atom is 0.270 e. The van der Waals surface area contributed by atoms with Crippen LogP contribution in [0.15, 0.2) is 75.2 Å². The van der Waals surface area contributed by atoms with Crippen LogP contribution in [0.25, 0.3) is 10.9 Å². The minimum absolute atomic E-state index is 0.0577. The zero-order valence-electron chi connectivity index (χ0n) is 15.9. The van der Waals surface area contributed by atoms with Gasteiger partial charge < -0.3 is 4.42 Å². The molecular formula is C21H14ClN3O5S. The third kappa shape index (κ3) is 4.52. The number of nitro groups is 1. The second-order valence-corrected chi connectivity index (χ2v) is 7.92. The lowest BCUT2D eigenvalue weighted by molar-refractivity contribution is -0.384. The molecule has 0 atom stereocenters. The van der Waals surface area contributed by atoms with Gasteiger partial charge in [0.15, 0.2) is 10.9 Å². The molecule has 0 saturated carbocycles. The van der Waals surface area contributed by atoms with Crippen LogP contribution < -0.4 is 5.56 Å². The summed E-state index contributed by atoms with van der Waals surface area (Å²) >= 11 is 7.12. The maximum absolute atomic E-state index is 13.1. The van der Waals surface area contributed by atoms with Gasteiger partial charge in [0.25, 0.3) is 11.2 Å². The number of nitro benzene ring substituents is 1. The molecule has 0 bridgehead atoms. The molecule has 0 fully saturated rings. The molecule has 31 heavy (non-hydrogen) atoms. The number of ketones is 1. The molecule has 156 valence electrons. The van der Waals surface area contributed by atoms with Crippen LogP contribution in [0.2, 0.25) is 5.02 Å². The summed E-state index contributed by atoms with van der Waals surface area (Å²) in [5.74, 6) is 0.181. The molecular weight excluding hydrogens is 442 g/mol. The Morgan fingerprint density at radius 3 is 2.77 bits per heavy atom. The predicted molar refractivity (Wildman–Crippen MR) is 117 cm³/mol. The number of nitrogens with zero attached hydrogens (tertiary/aromatic N) is 3. The maximum atomic E-state index is 13.1. The number of hydrogen-bond acceptors (Lipinski definition) is 7. The Hall–Kier alpha value is -3.43. The van der Waals surface area contributed by atoms with Gasteiger partial charge in [0.2, 0.25) is 0 Å². The number of halogens is 1. The molecule has 4 rings (SSSR count). The molecule has 0 saturated heterocycles. The monoisotopic (exact) mass is 455 g/mol. The molecule has 4 aromatic rings. The van der Waals surface area contributed by atoms with E-state index in [0.717, 1.165) is 11.8 Å². The van der Waals surface area contributed by atoms with E-state index in [1.165, 1.54) is 35.1 Å². The summed E-state index contributed by atoms with van der Waals surface area (Å²) in [6, 6.07) is 13.8. The van der Waals surface area contributed by atoms with Crippen molar-refractivity contribution in [3.63, 3.8) is 0 Å². The van der Waals surface area contributed by atoms with Gasteiger partial charge >= 0.3 is 0 Å². The molecule has 2 heterocycles. The van der Waals surface area contributed by atoms with Crippen LogP contribution >= 0.6 is 23.4 Å². The molecule has 2 aromatic carbocycles. The first-order valence-corrected chi connectivity index (χ1v) is 10.4. The van der Waals surface area contributed by atoms with Gasteiger partial charge in [0.1, 0.15) is 5.76 Å². The Morgan fingerprint density at radius 2 is 2.03 bits per heavy atom. The molecule has 2 aromatic heterocycles. The number of non-ortho nitro benzene ring substituents is 1. The Labute approximate surface area is 184 Å². The molecule has 0 aliphatic carbocycles. The Bertz CT molecular complexity index is 1350. The first kappa shape index (κ1) is 20.8. The minimum Gasteiger partial charge on any atom is -0.467 e. The van der Waals surface area contributed by atoms with E-state index in [4.69, 9.17) is 16.0 Å². The van der Waals surface area contributed by atoms with Gasteiger partial charge in [-0.3, -0.25) is 24.3 Å². The molecule has 0 spiro atoms. The van der Waals surface area contributed by atoms with Crippen molar-refractivity contribution in [1.29, 1.82) is 0 Å². The number of carbonyl (C=O) groups is 1. The number of Topliss-reactive ketones (excluding diaryl/α,β-unsaturated/α-hetero) is 1. The van der Waals surface area contributed by atoms with Gasteiger partial charge in [-0.2, -0.15) is 0 Å². The SMILES string of the molecule is O=C(CSc1nc2cc(Cl)ccc2c(=O)n1Cc1ccco1)c1cccc([N+](=O)[O-])c1. The highest BCUT2D eigenvalue weighted by Gasteiger charge is 2.17. The van der Waals surface area contributed by atoms with E-state index in [-0.39, 0.29) is 34.9 Å². The smallest absolute Gasteiger partial charge is 0.270 e. The van der Waals surface area contributed by atoms with Crippen LogP contribution in [-0.4, -0.2) is 26.0 Å². The minimum atomic E-state index is -0.556. The fourth-order valence-electron chi connectivity index (χ4n) is 2.99. The molecule has 0 amide bonds. The van der Waals surface area contributed by atoms with Crippen molar-refractivity contribution < 1.29 is 14.1 Å². The van der Waals surface area contributed by atoms with E-state index in [1.54, 1.807) is 30.3 Å². The Kier molecular flexibility index (Phi) is 5.88. The number of rotatable bonds is 7. The normalized spacial score (nSPS) is 11.0. The van der Waals surface area contributed by atoms with Gasteiger partial charge in [-0.1, -0.05) is 35.5 Å². The van der Waals surface area contributed by atoms with Crippen molar-refractivity contribution in [2.45, 2.75) is 11.7 Å². The summed E-state index contributed by atoms with van der Waals surface area (Å²) in [5, 5.41) is 12.1. The van der Waals surface area contributed by atoms with E-state index in [2.05, 4.69) is 4.98 Å². The number of hydrogen-bond donors (Lipinski definition) is 0. The molecule has 0 radical (unpaired) electrons. The van der Waals surface area contributed by atoms with Crippen LogP contribution in [-0.2, 0) is 6.54 Å². The average molecular weight is 456 g/mol. The van der Waals surface area contributed by atoms with Crippen LogP contribution in [0.5, 0.6) is 0 Å². The van der Waals surface area contributed by atoms with Crippen molar-refractivity contribution in [2.24, 2.45) is 0 Å². The van der Waals surface area contributed by atoms with Crippen LogP contribution in [0.1, 0.15) is 16.1 Å². The summed E-state index contributed by atoms with van der Waals surface area (Å²) in [6.45, 7) is 0.144. The highest BCUT2D eigenvalue weighted by atomic mass is 35.5. The topological polar surface area (TPSA) is 108 Å². The molecule has 0 N–H and O–H groups in total. The van der Waals surface area contributed by atoms with Crippen molar-refractivity contribution in [3.05, 3.63) is 97.7 Å². The van der Waals surface area contributed by atoms with E-state index in [1.807, 2.05) is 0 Å². The van der Waals surface area contributed by atoms with Gasteiger partial charge in [-0.25, -0.2) is 4.98 Å². The fourth-order valence-corrected chi connectivity index (χ4v) is 4.05. The molecule has 10 heteroatoms. The molecule has 0 aliphatic heterocycles. The number of furan rings is 1. The van der Waals surface area contributed by atoms with E-state index in [0.29, 0.717) is 26.8 Å². The standard InChI is InChI=1S/C21H14ClN3O5S/c22-14-6-7-17-18(10-14)23-21(24(20(17)27)11-16-5-2-8-30-16)31-12-19(26)13-3-1-4-15(9-13)25(28)29/h1-10H,11-12H2. The third-order valence-corrected chi connectivity index (χ3v) is 5.70. The lowest BCUT2D eigenvalue weighted by Gasteiger charge is -2.12. The van der Waals surface area contributed by atoms with Gasteiger partial charge in [-0.05, 0) is 30.3 Å². The first-order chi connectivity index (χ1) is 14.9. The first-order valence-electron chi connectivity index (χ1n) is 9.05. The van der Waals surface area contributed by atoms with Gasteiger partial charge in [0.05, 0.1) is 34.4 Å². The van der Waals surface area contributed by atoms with Crippen LogP contribution in [0.4, 0.5) is 5.69 Å². The summed E-state index contributed by atoms with van der Waals surface area (Å²) in [5.41, 5.74) is 0.177. The second kappa shape index (κ2) is 8.75. The summed E-state index contributed by atoms with van der Waals surface area (Å²) in [7, 11) is 0. The van der Waals surface area contributed by atoms with Gasteiger partial charge in [0, 0.05) is 22.7 Å². The number of benzene rings is 2. The number of fused-ring (bicyclic) bond motifs is 1. The molecule has 8 nitrogen and oxygen atoms in total. The largest absolute Gasteiger partial charge is 0.467 e. The van der Waals surface area contributed by atoms with Crippen molar-refractivity contribution in [1.82, 2.24) is 9.55 Å². The zero-order chi connectivity index (χ0) is 22.0. The van der Waals surface area contributed by atoms with E-state index < -0.39 is 4.92 Å². The summed E-state index contributed by atoms with van der Waals surface area (Å²) in [4.78, 5) is 40.6. The van der Waals surface area contributed by atoms with Crippen LogP contribution in [0, 0.1) is 10.1 Å². The lowest BCUT2D eigenvalue weighted by atomic mass is 10.1. The van der Waals surface area contributed by atoms with E-state index in [9.17, 15) is 19.7 Å². The van der Waals surface area contributed by atoms with E-state index >= 15 is 0 Å². The zero-order valence-corrected chi connectivity index (χ0v) is 17.4. The van der Waals surface area contributed by atoms with Crippen LogP contribution in [0.3, 0.4) is 0 Å². The summed E-state index contributed by atoms with van der Waals surface area (Å²) < 4.78 is 6.79. The second-order valence-electron chi connectivity index (χ2n) is 6.55. The Morgan fingerprint density at radius 1 is 1.19 bits per heavy atom. The fraction of sp³-hybridized carbons (Fsp3) is 0.0952. The average Bonchev–Trinajstić information content (AvgIpc) is 3.27. The number of carbonyl (C=O) groups excluding carboxylic acids is 1. The number of thioether (sulfide) groups is 1. The quantitative estimate of drug-likeness (QED) is 0.132. The highest BCUT2D eigenvalue weighted by molar-refractivity contribution is 7.99. The Balaban J connectivity index is 1.68. The van der Waals surface area contributed by atoms with Crippen molar-refractivity contribution in [2.75, 3.05) is 5.75 Å². The van der Waals surface area contributed by atoms with Crippen molar-refractivity contribution in [3.8, 4) is 0 Å². The van der Waals surface area contributed by atoms with Crippen molar-refractivity contribution >= 4 is 45.7 Å². The summed E-state index contributed by atoms with van der Waals surface area (Å²) in [6.07, 6.45) is 1.51. The third-order valence-electron chi connectivity index (χ3n) is 4.49. The number of aromatic nitrogens is 2. The molecule has 0 unspecified atom stereocenters. The highest BCUT2D eigenvalue weighted by Crippen LogP contribution is 2.23.